The van der Waals surface area contributed by atoms with E-state index in [1.54, 1.807) is 0 Å². The van der Waals surface area contributed by atoms with Crippen LogP contribution in [0.4, 0.5) is 0 Å². The zero-order valence-corrected chi connectivity index (χ0v) is 8.72. The van der Waals surface area contributed by atoms with Crippen LogP contribution in [0, 0.1) is 0 Å². The number of aliphatic hydroxyl groups excluding tert-OH is 1. The number of rotatable bonds is 8. The van der Waals surface area contributed by atoms with Crippen molar-refractivity contribution in [2.75, 3.05) is 24.7 Å². The first-order valence-electron chi connectivity index (χ1n) is 4.64. The van der Waals surface area contributed by atoms with Crippen molar-refractivity contribution in [3.8, 4) is 0 Å². The predicted octanol–water partition coefficient (Wildman–Crippen LogP) is -0.0874. The summed E-state index contributed by atoms with van der Waals surface area (Å²) >= 11 is 0. The Morgan fingerprint density at radius 2 is 1.62 bits per heavy atom. The fourth-order valence-electron chi connectivity index (χ4n) is 1.06. The Kier molecular flexibility index (Phi) is 7.22. The van der Waals surface area contributed by atoms with Gasteiger partial charge in [-0.05, 0) is 19.4 Å². The van der Waals surface area contributed by atoms with Gasteiger partial charge in [0.15, 0.2) is 9.84 Å². The van der Waals surface area contributed by atoms with Gasteiger partial charge in [0.05, 0.1) is 18.1 Å². The van der Waals surface area contributed by atoms with Gasteiger partial charge in [-0.3, -0.25) is 0 Å². The molecule has 0 aromatic heterocycles. The number of nitrogens with two attached hydrogens (primary N) is 1. The highest BCUT2D eigenvalue weighted by molar-refractivity contribution is 7.91. The van der Waals surface area contributed by atoms with Gasteiger partial charge < -0.3 is 10.8 Å². The minimum atomic E-state index is -3.00. The van der Waals surface area contributed by atoms with E-state index in [4.69, 9.17) is 10.8 Å². The molecule has 0 rings (SSSR count). The van der Waals surface area contributed by atoms with Gasteiger partial charge in [-0.15, -0.1) is 0 Å². The Balaban J connectivity index is 3.41. The van der Waals surface area contributed by atoms with Crippen molar-refractivity contribution in [2.24, 2.45) is 5.73 Å². The van der Waals surface area contributed by atoms with Gasteiger partial charge in [-0.2, -0.15) is 0 Å². The lowest BCUT2D eigenvalue weighted by atomic mass is 10.2. The summed E-state index contributed by atoms with van der Waals surface area (Å²) in [5.74, 6) is 0.0853. The zero-order chi connectivity index (χ0) is 10.2. The Bertz CT molecular complexity index is 201. The Hall–Kier alpha value is -0.130. The van der Waals surface area contributed by atoms with Crippen LogP contribution in [0.1, 0.15) is 25.7 Å². The molecule has 0 aliphatic rings. The van der Waals surface area contributed by atoms with Crippen LogP contribution < -0.4 is 5.73 Å². The Morgan fingerprint density at radius 1 is 1.00 bits per heavy atom. The van der Waals surface area contributed by atoms with Crippen LogP contribution in [-0.4, -0.2) is 38.2 Å². The zero-order valence-electron chi connectivity index (χ0n) is 7.91. The smallest absolute Gasteiger partial charge is 0.152 e. The maximum Gasteiger partial charge on any atom is 0.152 e. The number of hydrogen-bond donors (Lipinski definition) is 2. The molecule has 0 saturated heterocycles. The van der Waals surface area contributed by atoms with E-state index in [1.807, 2.05) is 0 Å². The van der Waals surface area contributed by atoms with Crippen molar-refractivity contribution in [1.82, 2.24) is 0 Å². The van der Waals surface area contributed by atoms with Crippen LogP contribution in [0.3, 0.4) is 0 Å². The maximum atomic E-state index is 11.1. The topological polar surface area (TPSA) is 80.4 Å². The van der Waals surface area contributed by atoms with Gasteiger partial charge in [0.2, 0.25) is 0 Å². The molecule has 0 amide bonds. The Morgan fingerprint density at radius 3 is 2.15 bits per heavy atom. The highest BCUT2D eigenvalue weighted by Gasteiger charge is 2.08. The van der Waals surface area contributed by atoms with Crippen LogP contribution in [0.5, 0.6) is 0 Å². The quantitative estimate of drug-likeness (QED) is 0.548. The van der Waals surface area contributed by atoms with Gasteiger partial charge in [-0.25, -0.2) is 8.42 Å². The molecular formula is C8H19NO3S. The molecule has 4 nitrogen and oxygen atoms in total. The second kappa shape index (κ2) is 7.29. The van der Waals surface area contributed by atoms with Crippen LogP contribution in [0.15, 0.2) is 0 Å². The van der Waals surface area contributed by atoms with Crippen molar-refractivity contribution < 1.29 is 13.5 Å². The average molecular weight is 209 g/mol. The minimum absolute atomic E-state index is 0.107. The summed E-state index contributed by atoms with van der Waals surface area (Å²) in [4.78, 5) is 0. The van der Waals surface area contributed by atoms with Gasteiger partial charge >= 0.3 is 0 Å². The van der Waals surface area contributed by atoms with E-state index in [0.29, 0.717) is 13.0 Å². The molecule has 0 radical (unpaired) electrons. The van der Waals surface area contributed by atoms with Crippen molar-refractivity contribution in [1.29, 1.82) is 0 Å². The molecule has 0 aromatic rings. The summed E-state index contributed by atoms with van der Waals surface area (Å²) < 4.78 is 22.2. The molecule has 0 saturated carbocycles. The van der Waals surface area contributed by atoms with Crippen LogP contribution >= 0.6 is 0 Å². The fourth-order valence-corrected chi connectivity index (χ4v) is 2.19. The summed E-state index contributed by atoms with van der Waals surface area (Å²) in [5, 5.41) is 8.45. The van der Waals surface area contributed by atoms with Gasteiger partial charge in [0, 0.05) is 0 Å². The van der Waals surface area contributed by atoms with Crippen LogP contribution in [0.25, 0.3) is 0 Å². The third-order valence-electron chi connectivity index (χ3n) is 1.81. The van der Waals surface area contributed by atoms with Crippen molar-refractivity contribution >= 4 is 9.84 Å². The van der Waals surface area contributed by atoms with Crippen LogP contribution in [0.2, 0.25) is 0 Å². The van der Waals surface area contributed by atoms with E-state index >= 15 is 0 Å². The predicted molar refractivity (Wildman–Crippen MR) is 53.3 cm³/mol. The standard InChI is InChI=1S/C8H19NO3S/c9-5-3-1-2-4-7-13(11,12)8-6-10/h10H,1-9H2. The molecule has 0 aromatic carbocycles. The first-order valence-corrected chi connectivity index (χ1v) is 6.46. The SMILES string of the molecule is NCCCCCCS(=O)(=O)CCO. The van der Waals surface area contributed by atoms with E-state index in [9.17, 15) is 8.42 Å². The number of aliphatic hydroxyl groups is 1. The molecular weight excluding hydrogens is 190 g/mol. The highest BCUT2D eigenvalue weighted by Crippen LogP contribution is 2.02. The molecule has 0 bridgehead atoms. The van der Waals surface area contributed by atoms with Gasteiger partial charge in [0.1, 0.15) is 0 Å². The molecule has 13 heavy (non-hydrogen) atoms. The molecule has 0 aliphatic carbocycles. The van der Waals surface area contributed by atoms with Gasteiger partial charge in [-0.1, -0.05) is 12.8 Å². The average Bonchev–Trinajstić information content (AvgIpc) is 2.04. The first-order chi connectivity index (χ1) is 6.12. The number of unbranched alkanes of at least 4 members (excludes halogenated alkanes) is 3. The number of hydrogen-bond acceptors (Lipinski definition) is 4. The van der Waals surface area contributed by atoms with Crippen molar-refractivity contribution in [3.63, 3.8) is 0 Å². The van der Waals surface area contributed by atoms with E-state index in [0.717, 1.165) is 19.3 Å². The highest BCUT2D eigenvalue weighted by atomic mass is 32.2. The van der Waals surface area contributed by atoms with Crippen molar-refractivity contribution in [3.05, 3.63) is 0 Å². The third-order valence-corrected chi connectivity index (χ3v) is 3.53. The number of sulfone groups is 1. The van der Waals surface area contributed by atoms with E-state index in [-0.39, 0.29) is 18.1 Å². The monoisotopic (exact) mass is 209 g/mol. The molecule has 0 unspecified atom stereocenters. The summed E-state index contributed by atoms with van der Waals surface area (Å²) in [7, 11) is -3.00. The molecule has 0 heterocycles. The summed E-state index contributed by atoms with van der Waals surface area (Å²) in [5.41, 5.74) is 5.29. The largest absolute Gasteiger partial charge is 0.395 e. The molecule has 80 valence electrons. The second-order valence-corrected chi connectivity index (χ2v) is 5.38. The lowest BCUT2D eigenvalue weighted by molar-refractivity contribution is 0.319. The van der Waals surface area contributed by atoms with Crippen molar-refractivity contribution in [2.45, 2.75) is 25.7 Å². The van der Waals surface area contributed by atoms with E-state index < -0.39 is 9.84 Å². The molecule has 0 atom stereocenters. The Labute approximate surface area is 80.1 Å². The first kappa shape index (κ1) is 12.9. The summed E-state index contributed by atoms with van der Waals surface area (Å²) in [6, 6.07) is 0. The molecule has 3 N–H and O–H groups in total. The normalized spacial score (nSPS) is 11.8. The molecule has 0 fully saturated rings. The molecule has 5 heteroatoms. The van der Waals surface area contributed by atoms with Crippen LogP contribution in [-0.2, 0) is 9.84 Å². The molecule has 0 spiro atoms. The molecule has 0 aliphatic heterocycles. The fraction of sp³-hybridized carbons (Fsp3) is 1.00. The summed E-state index contributed by atoms with van der Waals surface area (Å²) in [6.07, 6.45) is 3.54. The second-order valence-electron chi connectivity index (χ2n) is 3.08. The van der Waals surface area contributed by atoms with E-state index in [1.165, 1.54) is 0 Å². The maximum absolute atomic E-state index is 11.1. The lowest BCUT2D eigenvalue weighted by Crippen LogP contribution is -2.13. The minimum Gasteiger partial charge on any atom is -0.395 e. The summed E-state index contributed by atoms with van der Waals surface area (Å²) in [6.45, 7) is 0.397. The van der Waals surface area contributed by atoms with E-state index in [2.05, 4.69) is 0 Å². The lowest BCUT2D eigenvalue weighted by Gasteiger charge is -2.01. The van der Waals surface area contributed by atoms with Gasteiger partial charge in [0.25, 0.3) is 0 Å². The third kappa shape index (κ3) is 8.21.